The molecule has 0 amide bonds. The molecule has 0 saturated heterocycles. The van der Waals surface area contributed by atoms with E-state index in [1.807, 2.05) is 54.6 Å². The average Bonchev–Trinajstić information content (AvgIpc) is 2.97. The highest BCUT2D eigenvalue weighted by atomic mass is 32.1. The van der Waals surface area contributed by atoms with Gasteiger partial charge in [-0.05, 0) is 23.1 Å². The van der Waals surface area contributed by atoms with Crippen molar-refractivity contribution in [2.24, 2.45) is 0 Å². The summed E-state index contributed by atoms with van der Waals surface area (Å²) in [6.07, 6.45) is 0. The van der Waals surface area contributed by atoms with Crippen LogP contribution in [0.2, 0.25) is 0 Å². The monoisotopic (exact) mass is 298 g/mol. The molecule has 106 valence electrons. The van der Waals surface area contributed by atoms with E-state index >= 15 is 0 Å². The first-order chi connectivity index (χ1) is 10.3. The van der Waals surface area contributed by atoms with E-state index in [9.17, 15) is 4.79 Å². The van der Waals surface area contributed by atoms with Gasteiger partial charge >= 0.3 is 5.97 Å². The van der Waals surface area contributed by atoms with Crippen LogP contribution in [0.1, 0.15) is 15.2 Å². The van der Waals surface area contributed by atoms with E-state index in [0.29, 0.717) is 11.5 Å². The predicted molar refractivity (Wildman–Crippen MR) is 83.9 cm³/mol. The molecule has 0 aliphatic rings. The summed E-state index contributed by atoms with van der Waals surface area (Å²) < 4.78 is 11.6. The first-order valence-corrected chi connectivity index (χ1v) is 7.37. The number of esters is 1. The molecule has 0 atom stereocenters. The number of ether oxygens (including phenoxy) is 2. The number of methoxy groups -OCH3 is 1. The lowest BCUT2D eigenvalue weighted by Crippen LogP contribution is -1.96. The van der Waals surface area contributed by atoms with Crippen LogP contribution in [0.5, 0.6) is 5.75 Å². The van der Waals surface area contributed by atoms with Crippen LogP contribution in [-0.2, 0) is 11.3 Å². The van der Waals surface area contributed by atoms with E-state index in [2.05, 4.69) is 0 Å². The highest BCUT2D eigenvalue weighted by molar-refractivity contribution is 7.21. The lowest BCUT2D eigenvalue weighted by atomic mass is 10.2. The number of thiophene rings is 1. The SMILES string of the molecule is COC(=O)c1cc2cccc(OCc3ccccc3)c2s1. The second kappa shape index (κ2) is 5.97. The molecular weight excluding hydrogens is 284 g/mol. The molecule has 3 aromatic rings. The summed E-state index contributed by atoms with van der Waals surface area (Å²) in [6, 6.07) is 17.6. The van der Waals surface area contributed by atoms with E-state index in [1.165, 1.54) is 18.4 Å². The number of carbonyl (C=O) groups excluding carboxylic acids is 1. The molecule has 0 fully saturated rings. The maximum atomic E-state index is 11.6. The van der Waals surface area contributed by atoms with E-state index in [0.717, 1.165) is 21.4 Å². The van der Waals surface area contributed by atoms with Gasteiger partial charge in [0.2, 0.25) is 0 Å². The van der Waals surface area contributed by atoms with Crippen molar-refractivity contribution in [2.45, 2.75) is 6.61 Å². The third-order valence-electron chi connectivity index (χ3n) is 3.13. The quantitative estimate of drug-likeness (QED) is 0.675. The molecule has 3 nitrogen and oxygen atoms in total. The van der Waals surface area contributed by atoms with Crippen molar-refractivity contribution in [1.82, 2.24) is 0 Å². The number of carbonyl (C=O) groups is 1. The van der Waals surface area contributed by atoms with Gasteiger partial charge in [0, 0.05) is 0 Å². The largest absolute Gasteiger partial charge is 0.487 e. The van der Waals surface area contributed by atoms with Crippen molar-refractivity contribution in [3.63, 3.8) is 0 Å². The maximum absolute atomic E-state index is 11.6. The van der Waals surface area contributed by atoms with E-state index in [4.69, 9.17) is 9.47 Å². The van der Waals surface area contributed by atoms with Crippen LogP contribution >= 0.6 is 11.3 Å². The fraction of sp³-hybridized carbons (Fsp3) is 0.118. The van der Waals surface area contributed by atoms with Crippen molar-refractivity contribution in [3.8, 4) is 5.75 Å². The molecule has 0 aliphatic heterocycles. The van der Waals surface area contributed by atoms with Gasteiger partial charge in [0.15, 0.2) is 0 Å². The average molecular weight is 298 g/mol. The number of rotatable bonds is 4. The molecule has 3 rings (SSSR count). The molecular formula is C17H14O3S. The van der Waals surface area contributed by atoms with Crippen molar-refractivity contribution in [1.29, 1.82) is 0 Å². The van der Waals surface area contributed by atoms with Gasteiger partial charge < -0.3 is 9.47 Å². The minimum absolute atomic E-state index is 0.315. The zero-order chi connectivity index (χ0) is 14.7. The van der Waals surface area contributed by atoms with Gasteiger partial charge in [0.05, 0.1) is 11.8 Å². The standard InChI is InChI=1S/C17H14O3S/c1-19-17(18)15-10-13-8-5-9-14(16(13)21-15)20-11-12-6-3-2-4-7-12/h2-10H,11H2,1H3. The molecule has 2 aromatic carbocycles. The third kappa shape index (κ3) is 2.90. The Morgan fingerprint density at radius 3 is 2.67 bits per heavy atom. The summed E-state index contributed by atoms with van der Waals surface area (Å²) in [5, 5.41) is 0.992. The summed E-state index contributed by atoms with van der Waals surface area (Å²) >= 11 is 1.39. The third-order valence-corrected chi connectivity index (χ3v) is 4.28. The van der Waals surface area contributed by atoms with Crippen molar-refractivity contribution >= 4 is 27.4 Å². The number of fused-ring (bicyclic) bond motifs is 1. The molecule has 0 unspecified atom stereocenters. The first-order valence-electron chi connectivity index (χ1n) is 6.55. The Hall–Kier alpha value is -2.33. The van der Waals surface area contributed by atoms with E-state index in [-0.39, 0.29) is 5.97 Å². The Morgan fingerprint density at radius 2 is 1.90 bits per heavy atom. The second-order valence-electron chi connectivity index (χ2n) is 4.55. The lowest BCUT2D eigenvalue weighted by Gasteiger charge is -2.07. The van der Waals surface area contributed by atoms with Crippen molar-refractivity contribution in [3.05, 3.63) is 65.0 Å². The molecule has 21 heavy (non-hydrogen) atoms. The van der Waals surface area contributed by atoms with Crippen molar-refractivity contribution < 1.29 is 14.3 Å². The Morgan fingerprint density at radius 1 is 1.10 bits per heavy atom. The molecule has 0 saturated carbocycles. The maximum Gasteiger partial charge on any atom is 0.348 e. The molecule has 1 heterocycles. The lowest BCUT2D eigenvalue weighted by molar-refractivity contribution is 0.0606. The van der Waals surface area contributed by atoms with Gasteiger partial charge in [-0.2, -0.15) is 0 Å². The Bertz CT molecular complexity index is 762. The van der Waals surface area contributed by atoms with Crippen LogP contribution in [0.3, 0.4) is 0 Å². The summed E-state index contributed by atoms with van der Waals surface area (Å²) in [7, 11) is 1.39. The molecule has 0 aliphatic carbocycles. The minimum atomic E-state index is -0.315. The Labute approximate surface area is 126 Å². The summed E-state index contributed by atoms with van der Waals surface area (Å²) in [4.78, 5) is 12.2. The van der Waals surface area contributed by atoms with Crippen molar-refractivity contribution in [2.75, 3.05) is 7.11 Å². The van der Waals surface area contributed by atoms with Gasteiger partial charge in [0.1, 0.15) is 17.2 Å². The Kier molecular flexibility index (Phi) is 3.88. The summed E-state index contributed by atoms with van der Waals surface area (Å²) in [5.74, 6) is 0.474. The van der Waals surface area contributed by atoms with Crippen LogP contribution in [-0.4, -0.2) is 13.1 Å². The number of benzene rings is 2. The summed E-state index contributed by atoms with van der Waals surface area (Å²) in [6.45, 7) is 0.505. The molecule has 0 radical (unpaired) electrons. The zero-order valence-corrected chi connectivity index (χ0v) is 12.4. The van der Waals surface area contributed by atoms with Crippen LogP contribution in [0.4, 0.5) is 0 Å². The van der Waals surface area contributed by atoms with Crippen LogP contribution < -0.4 is 4.74 Å². The Balaban J connectivity index is 1.88. The van der Waals surface area contributed by atoms with Crippen LogP contribution in [0, 0.1) is 0 Å². The van der Waals surface area contributed by atoms with Gasteiger partial charge in [-0.25, -0.2) is 4.79 Å². The predicted octanol–water partition coefficient (Wildman–Crippen LogP) is 4.27. The minimum Gasteiger partial charge on any atom is -0.487 e. The molecule has 1 aromatic heterocycles. The topological polar surface area (TPSA) is 35.5 Å². The molecule has 0 bridgehead atoms. The van der Waals surface area contributed by atoms with Gasteiger partial charge in [-0.3, -0.25) is 0 Å². The molecule has 0 spiro atoms. The van der Waals surface area contributed by atoms with Gasteiger partial charge in [-0.1, -0.05) is 42.5 Å². The second-order valence-corrected chi connectivity index (χ2v) is 5.60. The van der Waals surface area contributed by atoms with Crippen LogP contribution in [0.15, 0.2) is 54.6 Å². The molecule has 4 heteroatoms. The van der Waals surface area contributed by atoms with E-state index in [1.54, 1.807) is 0 Å². The highest BCUT2D eigenvalue weighted by Gasteiger charge is 2.13. The summed E-state index contributed by atoms with van der Waals surface area (Å²) in [5.41, 5.74) is 1.11. The first kappa shape index (κ1) is 13.6. The smallest absolute Gasteiger partial charge is 0.348 e. The van der Waals surface area contributed by atoms with Gasteiger partial charge in [-0.15, -0.1) is 11.3 Å². The number of hydrogen-bond donors (Lipinski definition) is 0. The number of hydrogen-bond acceptors (Lipinski definition) is 4. The fourth-order valence-electron chi connectivity index (χ4n) is 2.09. The van der Waals surface area contributed by atoms with E-state index < -0.39 is 0 Å². The zero-order valence-electron chi connectivity index (χ0n) is 11.5. The fourth-order valence-corrected chi connectivity index (χ4v) is 3.13. The van der Waals surface area contributed by atoms with Gasteiger partial charge in [0.25, 0.3) is 0 Å². The van der Waals surface area contributed by atoms with Crippen LogP contribution in [0.25, 0.3) is 10.1 Å². The highest BCUT2D eigenvalue weighted by Crippen LogP contribution is 2.34. The molecule has 0 N–H and O–H groups in total. The normalized spacial score (nSPS) is 10.5.